The summed E-state index contributed by atoms with van der Waals surface area (Å²) >= 11 is 0. The Hall–Kier alpha value is -2.34. The predicted octanol–water partition coefficient (Wildman–Crippen LogP) is 2.75. The zero-order chi connectivity index (χ0) is 15.0. The minimum Gasteiger partial charge on any atom is -0.285 e. The fraction of sp³-hybridized carbons (Fsp3) is 0.133. The van der Waals surface area contributed by atoms with Crippen LogP contribution in [0.25, 0.3) is 5.52 Å². The molecule has 1 N–H and O–H groups in total. The van der Waals surface area contributed by atoms with Crippen molar-refractivity contribution in [1.82, 2.24) is 9.38 Å². The highest BCUT2D eigenvalue weighted by Crippen LogP contribution is 2.19. The van der Waals surface area contributed by atoms with Crippen molar-refractivity contribution in [2.45, 2.75) is 18.7 Å². The number of hydrogen-bond donors (Lipinski definition) is 1. The molecule has 0 bridgehead atoms. The molecular weight excluding hydrogens is 286 g/mol. The van der Waals surface area contributed by atoms with E-state index in [-0.39, 0.29) is 10.8 Å². The van der Waals surface area contributed by atoms with E-state index in [9.17, 15) is 8.42 Å². The van der Waals surface area contributed by atoms with Gasteiger partial charge < -0.3 is 0 Å². The van der Waals surface area contributed by atoms with Gasteiger partial charge >= 0.3 is 0 Å². The van der Waals surface area contributed by atoms with Gasteiger partial charge in [-0.2, -0.15) is 0 Å². The van der Waals surface area contributed by atoms with Gasteiger partial charge in [0.2, 0.25) is 5.95 Å². The van der Waals surface area contributed by atoms with Crippen molar-refractivity contribution < 1.29 is 8.42 Å². The molecule has 0 aliphatic rings. The monoisotopic (exact) mass is 301 g/mol. The number of anilines is 1. The van der Waals surface area contributed by atoms with Crippen molar-refractivity contribution in [2.24, 2.45) is 0 Å². The van der Waals surface area contributed by atoms with Crippen LogP contribution in [-0.2, 0) is 10.0 Å². The first-order valence-corrected chi connectivity index (χ1v) is 7.98. The van der Waals surface area contributed by atoms with E-state index in [0.29, 0.717) is 0 Å². The highest BCUT2D eigenvalue weighted by atomic mass is 32.2. The average molecular weight is 301 g/mol. The summed E-state index contributed by atoms with van der Waals surface area (Å²) in [5.41, 5.74) is 2.82. The lowest BCUT2D eigenvalue weighted by molar-refractivity contribution is 0.600. The standard InChI is InChI=1S/C15H15N3O2S/c1-11-6-7-14(9-12(11)2)21(19,20)17-15-16-10-13-5-3-4-8-18(13)15/h3-10H,1-2H3,(H,16,17). The van der Waals surface area contributed by atoms with Crippen LogP contribution in [0.3, 0.4) is 0 Å². The zero-order valence-electron chi connectivity index (χ0n) is 11.7. The molecule has 6 heteroatoms. The summed E-state index contributed by atoms with van der Waals surface area (Å²) < 4.78 is 29.1. The maximum Gasteiger partial charge on any atom is 0.264 e. The third-order valence-electron chi connectivity index (χ3n) is 3.45. The van der Waals surface area contributed by atoms with Gasteiger partial charge in [0.15, 0.2) is 0 Å². The molecule has 21 heavy (non-hydrogen) atoms. The van der Waals surface area contributed by atoms with Crippen molar-refractivity contribution in [3.05, 3.63) is 59.9 Å². The van der Waals surface area contributed by atoms with Gasteiger partial charge in [-0.15, -0.1) is 0 Å². The average Bonchev–Trinajstić information content (AvgIpc) is 2.85. The fourth-order valence-electron chi connectivity index (χ4n) is 2.08. The van der Waals surface area contributed by atoms with Crippen molar-refractivity contribution in [3.63, 3.8) is 0 Å². The van der Waals surface area contributed by atoms with E-state index in [4.69, 9.17) is 0 Å². The number of imidazole rings is 1. The van der Waals surface area contributed by atoms with Crippen LogP contribution in [0.5, 0.6) is 0 Å². The summed E-state index contributed by atoms with van der Waals surface area (Å²) in [5.74, 6) is 0.281. The predicted molar refractivity (Wildman–Crippen MR) is 81.9 cm³/mol. The lowest BCUT2D eigenvalue weighted by Crippen LogP contribution is -2.15. The summed E-state index contributed by atoms with van der Waals surface area (Å²) in [5, 5.41) is 0. The first kappa shape index (κ1) is 13.6. The summed E-state index contributed by atoms with van der Waals surface area (Å²) in [6.45, 7) is 3.83. The molecule has 0 saturated carbocycles. The van der Waals surface area contributed by atoms with Crippen LogP contribution in [0, 0.1) is 13.8 Å². The van der Waals surface area contributed by atoms with E-state index in [0.717, 1.165) is 16.6 Å². The van der Waals surface area contributed by atoms with Crippen LogP contribution < -0.4 is 4.72 Å². The Labute approximate surface area is 123 Å². The molecule has 1 aromatic carbocycles. The van der Waals surface area contributed by atoms with Gasteiger partial charge in [0, 0.05) is 6.20 Å². The quantitative estimate of drug-likeness (QED) is 0.809. The number of aryl methyl sites for hydroxylation is 2. The molecule has 2 aromatic heterocycles. The maximum atomic E-state index is 12.4. The molecule has 0 radical (unpaired) electrons. The van der Waals surface area contributed by atoms with Gasteiger partial charge in [-0.05, 0) is 49.2 Å². The molecule has 5 nitrogen and oxygen atoms in total. The second-order valence-corrected chi connectivity index (χ2v) is 6.61. The number of nitrogens with one attached hydrogen (secondary N) is 1. The molecule has 0 atom stereocenters. The lowest BCUT2D eigenvalue weighted by Gasteiger charge is -2.08. The Bertz CT molecular complexity index is 914. The van der Waals surface area contributed by atoms with E-state index in [2.05, 4.69) is 9.71 Å². The van der Waals surface area contributed by atoms with E-state index in [1.807, 2.05) is 32.0 Å². The van der Waals surface area contributed by atoms with Crippen molar-refractivity contribution in [2.75, 3.05) is 4.72 Å². The maximum absolute atomic E-state index is 12.4. The first-order chi connectivity index (χ1) is 9.97. The van der Waals surface area contributed by atoms with Crippen molar-refractivity contribution in [3.8, 4) is 0 Å². The van der Waals surface area contributed by atoms with Crippen molar-refractivity contribution in [1.29, 1.82) is 0 Å². The number of nitrogens with zero attached hydrogens (tertiary/aromatic N) is 2. The smallest absolute Gasteiger partial charge is 0.264 e. The van der Waals surface area contributed by atoms with Gasteiger partial charge in [0.05, 0.1) is 16.6 Å². The molecule has 0 unspecified atom stereocenters. The second-order valence-electron chi connectivity index (χ2n) is 4.93. The molecule has 2 heterocycles. The zero-order valence-corrected chi connectivity index (χ0v) is 12.6. The van der Waals surface area contributed by atoms with Crippen LogP contribution in [0.2, 0.25) is 0 Å². The number of fused-ring (bicyclic) bond motifs is 1. The van der Waals surface area contributed by atoms with Crippen LogP contribution in [0.15, 0.2) is 53.7 Å². The van der Waals surface area contributed by atoms with Gasteiger partial charge in [-0.1, -0.05) is 12.1 Å². The normalized spacial score (nSPS) is 11.7. The Morgan fingerprint density at radius 2 is 1.90 bits per heavy atom. The molecule has 0 aliphatic carbocycles. The summed E-state index contributed by atoms with van der Waals surface area (Å²) in [7, 11) is -3.65. The molecule has 3 rings (SSSR count). The van der Waals surface area contributed by atoms with Crippen LogP contribution in [0.4, 0.5) is 5.95 Å². The van der Waals surface area contributed by atoms with Gasteiger partial charge in [-0.25, -0.2) is 18.1 Å². The number of rotatable bonds is 3. The highest BCUT2D eigenvalue weighted by Gasteiger charge is 2.17. The van der Waals surface area contributed by atoms with Crippen LogP contribution in [-0.4, -0.2) is 17.8 Å². The van der Waals surface area contributed by atoms with Crippen molar-refractivity contribution >= 4 is 21.5 Å². The highest BCUT2D eigenvalue weighted by molar-refractivity contribution is 7.92. The first-order valence-electron chi connectivity index (χ1n) is 6.49. The molecule has 0 amide bonds. The van der Waals surface area contributed by atoms with Crippen LogP contribution in [0.1, 0.15) is 11.1 Å². The van der Waals surface area contributed by atoms with Gasteiger partial charge in [-0.3, -0.25) is 4.40 Å². The number of aromatic nitrogens is 2. The molecule has 0 saturated heterocycles. The number of sulfonamides is 1. The SMILES string of the molecule is Cc1ccc(S(=O)(=O)Nc2ncc3ccccn23)cc1C. The molecule has 108 valence electrons. The Kier molecular flexibility index (Phi) is 3.17. The Balaban J connectivity index is 2.01. The lowest BCUT2D eigenvalue weighted by atomic mass is 10.1. The van der Waals surface area contributed by atoms with Gasteiger partial charge in [0.25, 0.3) is 10.0 Å². The number of pyridine rings is 1. The Morgan fingerprint density at radius 3 is 2.67 bits per heavy atom. The Morgan fingerprint density at radius 1 is 1.10 bits per heavy atom. The second kappa shape index (κ2) is 4.89. The summed E-state index contributed by atoms with van der Waals surface area (Å²) in [6, 6.07) is 10.6. The fourth-order valence-corrected chi connectivity index (χ4v) is 3.17. The van der Waals surface area contributed by atoms with E-state index < -0.39 is 10.0 Å². The molecule has 0 fully saturated rings. The van der Waals surface area contributed by atoms with Crippen LogP contribution >= 0.6 is 0 Å². The topological polar surface area (TPSA) is 63.5 Å². The van der Waals surface area contributed by atoms with E-state index in [1.54, 1.807) is 35.0 Å². The van der Waals surface area contributed by atoms with Gasteiger partial charge in [0.1, 0.15) is 0 Å². The number of benzene rings is 1. The summed E-state index contributed by atoms with van der Waals surface area (Å²) in [4.78, 5) is 4.35. The molecule has 0 aliphatic heterocycles. The number of hydrogen-bond acceptors (Lipinski definition) is 3. The molecular formula is C15H15N3O2S. The van der Waals surface area contributed by atoms with E-state index >= 15 is 0 Å². The minimum absolute atomic E-state index is 0.235. The third-order valence-corrected chi connectivity index (χ3v) is 4.78. The summed E-state index contributed by atoms with van der Waals surface area (Å²) in [6.07, 6.45) is 3.39. The minimum atomic E-state index is -3.65. The third kappa shape index (κ3) is 2.50. The van der Waals surface area contributed by atoms with E-state index in [1.165, 1.54) is 0 Å². The molecule has 0 spiro atoms. The largest absolute Gasteiger partial charge is 0.285 e. The molecule has 3 aromatic rings.